The average molecular weight is 333 g/mol. The summed E-state index contributed by atoms with van der Waals surface area (Å²) in [6.07, 6.45) is 7.72. The Labute approximate surface area is 142 Å². The van der Waals surface area contributed by atoms with Gasteiger partial charge in [-0.15, -0.1) is 0 Å². The fraction of sp³-hybridized carbons (Fsp3) is 0.722. The molecule has 2 aliphatic carbocycles. The van der Waals surface area contributed by atoms with Gasteiger partial charge in [-0.1, -0.05) is 24.4 Å². The maximum absolute atomic E-state index is 12.5. The molecule has 6 heteroatoms. The molecule has 24 heavy (non-hydrogen) atoms. The molecule has 0 saturated heterocycles. The fourth-order valence-corrected chi connectivity index (χ4v) is 3.72. The number of aryl methyl sites for hydroxylation is 1. The minimum atomic E-state index is -0.200. The first kappa shape index (κ1) is 17.0. The van der Waals surface area contributed by atoms with Crippen LogP contribution in [0.2, 0.25) is 0 Å². The summed E-state index contributed by atoms with van der Waals surface area (Å²) in [6.45, 7) is 3.83. The maximum Gasteiger partial charge on any atom is 0.273 e. The molecule has 0 aliphatic heterocycles. The van der Waals surface area contributed by atoms with Gasteiger partial charge in [0.15, 0.2) is 5.69 Å². The molecular weight excluding hydrogens is 306 g/mol. The van der Waals surface area contributed by atoms with E-state index in [1.807, 2.05) is 13.8 Å². The van der Waals surface area contributed by atoms with Gasteiger partial charge in [0.2, 0.25) is 5.91 Å². The highest BCUT2D eigenvalue weighted by atomic mass is 16.5. The van der Waals surface area contributed by atoms with Crippen molar-refractivity contribution in [3.05, 3.63) is 17.0 Å². The van der Waals surface area contributed by atoms with E-state index in [9.17, 15) is 9.59 Å². The number of rotatable bonds is 4. The smallest absolute Gasteiger partial charge is 0.273 e. The van der Waals surface area contributed by atoms with Crippen LogP contribution in [-0.4, -0.2) is 29.1 Å². The number of hydrogen-bond acceptors (Lipinski definition) is 4. The zero-order chi connectivity index (χ0) is 17.1. The van der Waals surface area contributed by atoms with Crippen LogP contribution in [0.15, 0.2) is 4.52 Å². The highest BCUT2D eigenvalue weighted by Gasteiger charge is 2.31. The van der Waals surface area contributed by atoms with Gasteiger partial charge in [0.25, 0.3) is 5.91 Å². The van der Waals surface area contributed by atoms with E-state index in [0.29, 0.717) is 18.5 Å². The summed E-state index contributed by atoms with van der Waals surface area (Å²) < 4.78 is 5.34. The van der Waals surface area contributed by atoms with Gasteiger partial charge in [0.1, 0.15) is 5.76 Å². The first-order chi connectivity index (χ1) is 11.5. The van der Waals surface area contributed by atoms with E-state index in [0.717, 1.165) is 43.4 Å². The molecule has 0 bridgehead atoms. The van der Waals surface area contributed by atoms with Crippen molar-refractivity contribution in [2.24, 2.45) is 5.92 Å². The minimum absolute atomic E-state index is 0.0511. The molecule has 1 aromatic rings. The largest absolute Gasteiger partial charge is 0.360 e. The van der Waals surface area contributed by atoms with Gasteiger partial charge < -0.3 is 15.2 Å². The zero-order valence-electron chi connectivity index (χ0n) is 14.6. The number of aromatic nitrogens is 1. The number of hydrogen-bond donors (Lipinski definition) is 2. The molecule has 1 atom stereocenters. The molecule has 2 aliphatic rings. The Balaban J connectivity index is 1.64. The zero-order valence-corrected chi connectivity index (χ0v) is 14.6. The molecule has 0 spiro atoms. The van der Waals surface area contributed by atoms with Crippen LogP contribution < -0.4 is 10.6 Å². The van der Waals surface area contributed by atoms with Crippen LogP contribution >= 0.6 is 0 Å². The Morgan fingerprint density at radius 2 is 1.92 bits per heavy atom. The van der Waals surface area contributed by atoms with Crippen LogP contribution in [0.1, 0.15) is 74.2 Å². The lowest BCUT2D eigenvalue weighted by molar-refractivity contribution is -0.126. The lowest BCUT2D eigenvalue weighted by Crippen LogP contribution is -2.42. The summed E-state index contributed by atoms with van der Waals surface area (Å²) in [6, 6.07) is 0.118. The van der Waals surface area contributed by atoms with Gasteiger partial charge in [-0.25, -0.2) is 0 Å². The van der Waals surface area contributed by atoms with Gasteiger partial charge in [-0.05, 0) is 39.5 Å². The Hall–Kier alpha value is -1.85. The number of fused-ring (bicyclic) bond motifs is 1. The molecule has 3 rings (SSSR count). The van der Waals surface area contributed by atoms with Crippen molar-refractivity contribution < 1.29 is 14.1 Å². The molecule has 1 heterocycles. The molecule has 2 N–H and O–H groups in total. The molecule has 132 valence electrons. The second-order valence-corrected chi connectivity index (χ2v) is 7.34. The second-order valence-electron chi connectivity index (χ2n) is 7.34. The third-order valence-electron chi connectivity index (χ3n) is 5.00. The van der Waals surface area contributed by atoms with Crippen LogP contribution in [0, 0.1) is 5.92 Å². The van der Waals surface area contributed by atoms with Gasteiger partial charge in [-0.2, -0.15) is 0 Å². The molecule has 0 aromatic carbocycles. The molecule has 1 unspecified atom stereocenters. The molecule has 0 radical (unpaired) electrons. The van der Waals surface area contributed by atoms with E-state index in [4.69, 9.17) is 4.52 Å². The predicted molar refractivity (Wildman–Crippen MR) is 89.6 cm³/mol. The van der Waals surface area contributed by atoms with Gasteiger partial charge >= 0.3 is 0 Å². The van der Waals surface area contributed by atoms with E-state index in [1.54, 1.807) is 0 Å². The van der Waals surface area contributed by atoms with Gasteiger partial charge in [0, 0.05) is 30.0 Å². The lowest BCUT2D eigenvalue weighted by Gasteiger charge is -2.27. The molecule has 6 nitrogen and oxygen atoms in total. The van der Waals surface area contributed by atoms with Crippen LogP contribution in [0.5, 0.6) is 0 Å². The molecule has 2 amide bonds. The minimum Gasteiger partial charge on any atom is -0.360 e. The summed E-state index contributed by atoms with van der Waals surface area (Å²) in [4.78, 5) is 24.7. The first-order valence-corrected chi connectivity index (χ1v) is 9.13. The summed E-state index contributed by atoms with van der Waals surface area (Å²) in [5, 5.41) is 9.99. The Kier molecular flexibility index (Phi) is 5.21. The van der Waals surface area contributed by atoms with Crippen molar-refractivity contribution in [2.75, 3.05) is 0 Å². The first-order valence-electron chi connectivity index (χ1n) is 9.13. The van der Waals surface area contributed by atoms with Crippen LogP contribution in [-0.2, 0) is 17.6 Å². The van der Waals surface area contributed by atoms with Crippen LogP contribution in [0.3, 0.4) is 0 Å². The Morgan fingerprint density at radius 3 is 2.62 bits per heavy atom. The van der Waals surface area contributed by atoms with E-state index < -0.39 is 0 Å². The topological polar surface area (TPSA) is 84.2 Å². The monoisotopic (exact) mass is 333 g/mol. The van der Waals surface area contributed by atoms with E-state index in [-0.39, 0.29) is 29.8 Å². The fourth-order valence-electron chi connectivity index (χ4n) is 3.72. The highest BCUT2D eigenvalue weighted by Crippen LogP contribution is 2.27. The van der Waals surface area contributed by atoms with Gasteiger partial charge in [0.05, 0.1) is 0 Å². The number of nitrogens with one attached hydrogen (secondary N) is 2. The van der Waals surface area contributed by atoms with Crippen molar-refractivity contribution >= 4 is 11.8 Å². The van der Waals surface area contributed by atoms with Gasteiger partial charge in [-0.3, -0.25) is 9.59 Å². The third-order valence-corrected chi connectivity index (χ3v) is 5.00. The number of amides is 2. The Bertz CT molecular complexity index is 603. The van der Waals surface area contributed by atoms with Crippen molar-refractivity contribution in [1.82, 2.24) is 15.8 Å². The summed E-state index contributed by atoms with van der Waals surface area (Å²) in [7, 11) is 0. The number of carbonyl (C=O) groups excluding carboxylic acids is 2. The number of carbonyl (C=O) groups is 2. The highest BCUT2D eigenvalue weighted by molar-refractivity contribution is 5.94. The van der Waals surface area contributed by atoms with Crippen LogP contribution in [0.4, 0.5) is 0 Å². The molecule has 1 aromatic heterocycles. The van der Waals surface area contributed by atoms with E-state index in [1.165, 1.54) is 6.42 Å². The quantitative estimate of drug-likeness (QED) is 0.886. The molecular formula is C18H27N3O3. The average Bonchev–Trinajstić information content (AvgIpc) is 2.98. The Morgan fingerprint density at radius 1 is 1.17 bits per heavy atom. The summed E-state index contributed by atoms with van der Waals surface area (Å²) in [5.74, 6) is 0.917. The van der Waals surface area contributed by atoms with Crippen molar-refractivity contribution in [2.45, 2.75) is 77.3 Å². The maximum atomic E-state index is 12.5. The predicted octanol–water partition coefficient (Wildman–Crippen LogP) is 2.37. The SMILES string of the molecule is CC(C)NC(=O)c1noc2c1CC(NC(=O)C1CCCCC1)CC2. The summed E-state index contributed by atoms with van der Waals surface area (Å²) >= 11 is 0. The normalized spacial score (nSPS) is 21.4. The van der Waals surface area contributed by atoms with Crippen LogP contribution in [0.25, 0.3) is 0 Å². The second kappa shape index (κ2) is 7.36. The van der Waals surface area contributed by atoms with E-state index >= 15 is 0 Å². The molecule has 1 fully saturated rings. The van der Waals surface area contributed by atoms with Crippen molar-refractivity contribution in [3.8, 4) is 0 Å². The van der Waals surface area contributed by atoms with E-state index in [2.05, 4.69) is 15.8 Å². The van der Waals surface area contributed by atoms with Crippen molar-refractivity contribution in [1.29, 1.82) is 0 Å². The number of nitrogens with zero attached hydrogens (tertiary/aromatic N) is 1. The summed E-state index contributed by atoms with van der Waals surface area (Å²) in [5.41, 5.74) is 1.23. The lowest BCUT2D eigenvalue weighted by atomic mass is 9.87. The van der Waals surface area contributed by atoms with Crippen molar-refractivity contribution in [3.63, 3.8) is 0 Å². The third kappa shape index (κ3) is 3.79. The standard InChI is InChI=1S/C18H27N3O3/c1-11(2)19-18(23)16-14-10-13(8-9-15(14)24-21-16)20-17(22)12-6-4-3-5-7-12/h11-13H,3-10H2,1-2H3,(H,19,23)(H,20,22). The molecule has 1 saturated carbocycles.